The summed E-state index contributed by atoms with van der Waals surface area (Å²) in [6.45, 7) is 1.17. The maximum atomic E-state index is 12.2. The van der Waals surface area contributed by atoms with Crippen LogP contribution in [0.25, 0.3) is 11.2 Å². The lowest BCUT2D eigenvalue weighted by molar-refractivity contribution is 0.0487. The molecular weight excluding hydrogens is 360 g/mol. The Labute approximate surface area is 153 Å². The van der Waals surface area contributed by atoms with Crippen LogP contribution in [0.2, 0.25) is 5.02 Å². The van der Waals surface area contributed by atoms with Crippen LogP contribution in [-0.2, 0) is 32.0 Å². The van der Waals surface area contributed by atoms with Crippen LogP contribution >= 0.6 is 11.6 Å². The van der Waals surface area contributed by atoms with Crippen molar-refractivity contribution in [2.45, 2.75) is 19.3 Å². The molecule has 3 aromatic rings. The fraction of sp³-hybridized carbons (Fsp3) is 0.353. The first kappa shape index (κ1) is 16.9. The Kier molecular flexibility index (Phi) is 4.08. The first-order valence-electron chi connectivity index (χ1n) is 8.11. The zero-order valence-corrected chi connectivity index (χ0v) is 15.1. The van der Waals surface area contributed by atoms with Gasteiger partial charge in [-0.1, -0.05) is 29.8 Å². The van der Waals surface area contributed by atoms with E-state index in [2.05, 4.69) is 4.98 Å². The molecule has 0 spiro atoms. The molecule has 0 aliphatic carbocycles. The van der Waals surface area contributed by atoms with Gasteiger partial charge in [0.2, 0.25) is 0 Å². The van der Waals surface area contributed by atoms with Gasteiger partial charge >= 0.3 is 5.69 Å². The van der Waals surface area contributed by atoms with Crippen molar-refractivity contribution in [2.24, 2.45) is 14.1 Å². The predicted molar refractivity (Wildman–Crippen MR) is 95.7 cm³/mol. The minimum absolute atomic E-state index is 0.222. The van der Waals surface area contributed by atoms with Crippen molar-refractivity contribution in [1.29, 1.82) is 0 Å². The number of nitrogens with zero attached hydrogens (tertiary/aromatic N) is 4. The molecule has 0 fully saturated rings. The molecule has 0 radical (unpaired) electrons. The van der Waals surface area contributed by atoms with Crippen LogP contribution in [0.1, 0.15) is 5.56 Å². The van der Waals surface area contributed by atoms with Crippen LogP contribution in [0.5, 0.6) is 6.01 Å². The molecule has 0 saturated carbocycles. The van der Waals surface area contributed by atoms with Gasteiger partial charge in [0, 0.05) is 19.1 Å². The average molecular weight is 377 g/mol. The predicted octanol–water partition coefficient (Wildman–Crippen LogP) is 1.06. The number of benzene rings is 1. The van der Waals surface area contributed by atoms with E-state index in [1.54, 1.807) is 11.6 Å². The topological polar surface area (TPSA) is 80.3 Å². The molecule has 1 aliphatic heterocycles. The fourth-order valence-corrected chi connectivity index (χ4v) is 3.31. The summed E-state index contributed by atoms with van der Waals surface area (Å²) in [5.74, 6) is 0. The average Bonchev–Trinajstić information content (AvgIpc) is 3.17. The maximum Gasteiger partial charge on any atom is 0.332 e. The molecule has 1 aromatic carbocycles. The molecule has 8 nitrogen and oxygen atoms in total. The zero-order chi connectivity index (χ0) is 18.4. The molecule has 9 heteroatoms. The molecule has 136 valence electrons. The van der Waals surface area contributed by atoms with Crippen molar-refractivity contribution in [2.75, 3.05) is 6.61 Å². The van der Waals surface area contributed by atoms with E-state index in [0.29, 0.717) is 36.4 Å². The third kappa shape index (κ3) is 2.62. The summed E-state index contributed by atoms with van der Waals surface area (Å²) in [5, 5.41) is 0.657. The summed E-state index contributed by atoms with van der Waals surface area (Å²) in [6.07, 6.45) is -0.247. The van der Waals surface area contributed by atoms with Crippen LogP contribution in [0.3, 0.4) is 0 Å². The summed E-state index contributed by atoms with van der Waals surface area (Å²) in [4.78, 5) is 28.6. The van der Waals surface area contributed by atoms with Crippen LogP contribution in [0, 0.1) is 0 Å². The molecule has 3 heterocycles. The minimum atomic E-state index is -0.430. The van der Waals surface area contributed by atoms with Gasteiger partial charge in [-0.2, -0.15) is 4.98 Å². The van der Waals surface area contributed by atoms with Gasteiger partial charge in [0.05, 0.1) is 19.8 Å². The zero-order valence-electron chi connectivity index (χ0n) is 14.3. The second-order valence-electron chi connectivity index (χ2n) is 6.23. The van der Waals surface area contributed by atoms with Gasteiger partial charge in [0.1, 0.15) is 6.10 Å². The molecular formula is C17H17ClN4O4. The molecule has 26 heavy (non-hydrogen) atoms. The van der Waals surface area contributed by atoms with Gasteiger partial charge in [-0.3, -0.25) is 18.5 Å². The van der Waals surface area contributed by atoms with E-state index in [4.69, 9.17) is 21.1 Å². The number of halogens is 1. The Balaban J connectivity index is 1.52. The maximum absolute atomic E-state index is 12.2. The molecule has 0 unspecified atom stereocenters. The van der Waals surface area contributed by atoms with E-state index in [1.165, 1.54) is 11.6 Å². The number of aryl methyl sites for hydroxylation is 1. The summed E-state index contributed by atoms with van der Waals surface area (Å²) in [6, 6.07) is 7.81. The van der Waals surface area contributed by atoms with E-state index >= 15 is 0 Å². The van der Waals surface area contributed by atoms with E-state index < -0.39 is 11.2 Å². The third-order valence-corrected chi connectivity index (χ3v) is 4.85. The molecule has 0 saturated heterocycles. The molecule has 1 aliphatic rings. The first-order valence-corrected chi connectivity index (χ1v) is 8.49. The van der Waals surface area contributed by atoms with E-state index in [0.717, 1.165) is 10.1 Å². The second-order valence-corrected chi connectivity index (χ2v) is 6.64. The van der Waals surface area contributed by atoms with Gasteiger partial charge in [0.15, 0.2) is 11.2 Å². The second kappa shape index (κ2) is 6.30. The lowest BCUT2D eigenvalue weighted by atomic mass is 10.2. The molecule has 1 atom stereocenters. The monoisotopic (exact) mass is 376 g/mol. The van der Waals surface area contributed by atoms with Crippen molar-refractivity contribution in [1.82, 2.24) is 18.7 Å². The van der Waals surface area contributed by atoms with Crippen molar-refractivity contribution in [3.8, 4) is 6.01 Å². The van der Waals surface area contributed by atoms with Gasteiger partial charge < -0.3 is 9.47 Å². The summed E-state index contributed by atoms with van der Waals surface area (Å²) >= 11 is 6.11. The Hall–Kier alpha value is -2.58. The number of fused-ring (bicyclic) bond motifs is 3. The molecule has 0 N–H and O–H groups in total. The smallest absolute Gasteiger partial charge is 0.332 e. The van der Waals surface area contributed by atoms with Crippen LogP contribution in [-0.4, -0.2) is 31.4 Å². The highest BCUT2D eigenvalue weighted by Crippen LogP contribution is 2.26. The standard InChI is InChI=1S/C17H17ClN4O4/c1-20-14-13(15(23)21(2)17(20)24)19-16-22(14)7-11(26-16)9-25-8-10-5-3-4-6-12(10)18/h3-6,11H,7-9H2,1-2H3/t11-/m1/s1. The van der Waals surface area contributed by atoms with E-state index in [9.17, 15) is 9.59 Å². The Morgan fingerprint density at radius 2 is 2.04 bits per heavy atom. The van der Waals surface area contributed by atoms with Crippen LogP contribution in [0.4, 0.5) is 0 Å². The number of rotatable bonds is 4. The lowest BCUT2D eigenvalue weighted by Gasteiger charge is -2.11. The largest absolute Gasteiger partial charge is 0.457 e. The number of ether oxygens (including phenoxy) is 2. The van der Waals surface area contributed by atoms with Crippen molar-refractivity contribution >= 4 is 22.8 Å². The van der Waals surface area contributed by atoms with Crippen molar-refractivity contribution in [3.05, 3.63) is 55.7 Å². The minimum Gasteiger partial charge on any atom is -0.457 e. The highest BCUT2D eigenvalue weighted by Gasteiger charge is 2.29. The number of imidazole rings is 1. The Bertz CT molecular complexity index is 1110. The van der Waals surface area contributed by atoms with Crippen LogP contribution in [0.15, 0.2) is 33.9 Å². The molecule has 4 rings (SSSR count). The van der Waals surface area contributed by atoms with Crippen LogP contribution < -0.4 is 16.0 Å². The molecule has 0 amide bonds. The Morgan fingerprint density at radius 3 is 2.81 bits per heavy atom. The molecule has 0 bridgehead atoms. The highest BCUT2D eigenvalue weighted by molar-refractivity contribution is 6.31. The SMILES string of the molecule is Cn1c(=O)c2nc3n(c2n(C)c1=O)C[C@H](COCc1ccccc1Cl)O3. The number of aromatic nitrogens is 4. The first-order chi connectivity index (χ1) is 12.5. The summed E-state index contributed by atoms with van der Waals surface area (Å²) in [7, 11) is 3.04. The summed E-state index contributed by atoms with van der Waals surface area (Å²) < 4.78 is 15.7. The van der Waals surface area contributed by atoms with Gasteiger partial charge in [-0.15, -0.1) is 0 Å². The molecule has 2 aromatic heterocycles. The van der Waals surface area contributed by atoms with Gasteiger partial charge in [-0.05, 0) is 11.6 Å². The van der Waals surface area contributed by atoms with Crippen molar-refractivity contribution < 1.29 is 9.47 Å². The summed E-state index contributed by atoms with van der Waals surface area (Å²) in [5.41, 5.74) is 0.756. The van der Waals surface area contributed by atoms with E-state index in [1.807, 2.05) is 24.3 Å². The highest BCUT2D eigenvalue weighted by atomic mass is 35.5. The van der Waals surface area contributed by atoms with Crippen molar-refractivity contribution in [3.63, 3.8) is 0 Å². The van der Waals surface area contributed by atoms with E-state index in [-0.39, 0.29) is 11.6 Å². The lowest BCUT2D eigenvalue weighted by Crippen LogP contribution is -2.37. The third-order valence-electron chi connectivity index (χ3n) is 4.48. The van der Waals surface area contributed by atoms with Gasteiger partial charge in [0.25, 0.3) is 11.6 Å². The number of hydrogen-bond donors (Lipinski definition) is 0. The van der Waals surface area contributed by atoms with Gasteiger partial charge in [-0.25, -0.2) is 4.79 Å². The normalized spacial score (nSPS) is 16.0. The fourth-order valence-electron chi connectivity index (χ4n) is 3.12. The quantitative estimate of drug-likeness (QED) is 0.680. The Morgan fingerprint density at radius 1 is 1.27 bits per heavy atom. The number of hydrogen-bond acceptors (Lipinski definition) is 5.